The van der Waals surface area contributed by atoms with Crippen molar-refractivity contribution in [1.82, 2.24) is 9.80 Å². The Bertz CT molecular complexity index is 1120. The van der Waals surface area contributed by atoms with Crippen LogP contribution < -0.4 is 0 Å². The normalized spacial score (nSPS) is 20.1. The molecule has 0 aliphatic carbocycles. The van der Waals surface area contributed by atoms with Gasteiger partial charge in [0.15, 0.2) is 0 Å². The van der Waals surface area contributed by atoms with Crippen molar-refractivity contribution in [2.45, 2.75) is 30.7 Å². The minimum absolute atomic E-state index is 0.140. The van der Waals surface area contributed by atoms with Crippen LogP contribution >= 0.6 is 0 Å². The van der Waals surface area contributed by atoms with Gasteiger partial charge in [0.05, 0.1) is 23.8 Å². The second-order valence-electron chi connectivity index (χ2n) is 9.21. The summed E-state index contributed by atoms with van der Waals surface area (Å²) in [6.07, 6.45) is -4.04. The van der Waals surface area contributed by atoms with Gasteiger partial charge in [-0.1, -0.05) is 42.2 Å². The van der Waals surface area contributed by atoms with Gasteiger partial charge in [-0.3, -0.25) is 9.69 Å². The number of alkyl halides is 3. The third-order valence-corrected chi connectivity index (χ3v) is 6.52. The average Bonchev–Trinajstić information content (AvgIpc) is 2.84. The van der Waals surface area contributed by atoms with Gasteiger partial charge in [0.25, 0.3) is 5.91 Å². The summed E-state index contributed by atoms with van der Waals surface area (Å²) in [4.78, 5) is 16.0. The third-order valence-electron chi connectivity index (χ3n) is 6.52. The molecular formula is C27H28F4N2O3. The number of nitrogens with zero attached hydrogens (tertiary/aromatic N) is 2. The smallest absolute Gasteiger partial charge is 0.372 e. The zero-order valence-corrected chi connectivity index (χ0v) is 20.0. The van der Waals surface area contributed by atoms with Crippen LogP contribution in [-0.4, -0.2) is 73.9 Å². The first-order valence-electron chi connectivity index (χ1n) is 11.8. The maximum absolute atomic E-state index is 14.4. The standard InChI is InChI=1S/C27H28F4N2O3/c1-35-15-5-8-20-9-10-22(16-23(20)28)25(34)33-13-11-26(12-14-33)18-32(19-27(29,30)31)17-24(36-26)21-6-3-2-4-7-21/h2-4,6-7,9-10,16,24H,11-15,17-19H2,1H3. The maximum atomic E-state index is 14.4. The second kappa shape index (κ2) is 11.0. The van der Waals surface area contributed by atoms with E-state index < -0.39 is 30.2 Å². The lowest BCUT2D eigenvalue weighted by Crippen LogP contribution is -2.59. The first-order chi connectivity index (χ1) is 17.2. The number of hydrogen-bond acceptors (Lipinski definition) is 4. The molecule has 2 aromatic rings. The van der Waals surface area contributed by atoms with E-state index in [2.05, 4.69) is 11.8 Å². The molecule has 1 atom stereocenters. The van der Waals surface area contributed by atoms with Crippen LogP contribution in [0.4, 0.5) is 17.6 Å². The number of benzene rings is 2. The highest BCUT2D eigenvalue weighted by atomic mass is 19.4. The SMILES string of the molecule is COCC#Cc1ccc(C(=O)N2CCC3(CC2)CN(CC(F)(F)F)CC(c2ccccc2)O3)cc1F. The fourth-order valence-electron chi connectivity index (χ4n) is 4.83. The number of morpholine rings is 1. The number of piperidine rings is 1. The van der Waals surface area contributed by atoms with Crippen LogP contribution in [-0.2, 0) is 9.47 Å². The largest absolute Gasteiger partial charge is 0.401 e. The van der Waals surface area contributed by atoms with Gasteiger partial charge in [-0.05, 0) is 36.6 Å². The number of ether oxygens (including phenoxy) is 2. The van der Waals surface area contributed by atoms with E-state index in [4.69, 9.17) is 9.47 Å². The van der Waals surface area contributed by atoms with Crippen molar-refractivity contribution >= 4 is 5.91 Å². The summed E-state index contributed by atoms with van der Waals surface area (Å²) >= 11 is 0. The molecule has 5 nitrogen and oxygen atoms in total. The number of halogens is 4. The molecule has 0 radical (unpaired) electrons. The van der Waals surface area contributed by atoms with E-state index in [0.29, 0.717) is 25.9 Å². The number of carbonyl (C=O) groups excluding carboxylic acids is 1. The van der Waals surface area contributed by atoms with Crippen molar-refractivity contribution in [2.75, 3.05) is 46.4 Å². The van der Waals surface area contributed by atoms with Gasteiger partial charge < -0.3 is 14.4 Å². The van der Waals surface area contributed by atoms with Crippen LogP contribution in [0, 0.1) is 17.7 Å². The third kappa shape index (κ3) is 6.44. The molecule has 2 aliphatic heterocycles. The lowest BCUT2D eigenvalue weighted by atomic mass is 9.87. The summed E-state index contributed by atoms with van der Waals surface area (Å²) in [6, 6.07) is 13.4. The minimum atomic E-state index is -4.32. The van der Waals surface area contributed by atoms with Gasteiger partial charge in [-0.25, -0.2) is 4.39 Å². The molecule has 2 aromatic carbocycles. The predicted octanol–water partition coefficient (Wildman–Crippen LogP) is 4.43. The van der Waals surface area contributed by atoms with Crippen LogP contribution in [0.1, 0.15) is 40.4 Å². The van der Waals surface area contributed by atoms with Crippen LogP contribution in [0.25, 0.3) is 0 Å². The van der Waals surface area contributed by atoms with Crippen LogP contribution in [0.3, 0.4) is 0 Å². The molecule has 1 unspecified atom stereocenters. The molecule has 2 aliphatic rings. The number of amides is 1. The fourth-order valence-corrected chi connectivity index (χ4v) is 4.83. The average molecular weight is 505 g/mol. The summed E-state index contributed by atoms with van der Waals surface area (Å²) in [5, 5.41) is 0. The quantitative estimate of drug-likeness (QED) is 0.456. The lowest BCUT2D eigenvalue weighted by Gasteiger charge is -2.50. The van der Waals surface area contributed by atoms with Crippen LogP contribution in [0.2, 0.25) is 0 Å². The molecule has 192 valence electrons. The van der Waals surface area contributed by atoms with E-state index in [-0.39, 0.29) is 36.7 Å². The Kier molecular flexibility index (Phi) is 7.98. The number of rotatable bonds is 4. The van der Waals surface area contributed by atoms with Crippen molar-refractivity contribution in [1.29, 1.82) is 0 Å². The molecule has 0 aromatic heterocycles. The molecule has 2 saturated heterocycles. The molecule has 2 heterocycles. The van der Waals surface area contributed by atoms with E-state index in [1.165, 1.54) is 24.1 Å². The Balaban J connectivity index is 1.46. The molecule has 1 spiro atoms. The Morgan fingerprint density at radius 3 is 2.53 bits per heavy atom. The number of carbonyl (C=O) groups is 1. The van der Waals surface area contributed by atoms with Crippen molar-refractivity contribution in [2.24, 2.45) is 0 Å². The molecule has 2 fully saturated rings. The van der Waals surface area contributed by atoms with Gasteiger partial charge in [0.1, 0.15) is 12.4 Å². The number of likely N-dealkylation sites (tertiary alicyclic amines) is 1. The summed E-state index contributed by atoms with van der Waals surface area (Å²) in [6.45, 7) is 0.0504. The zero-order chi connectivity index (χ0) is 25.8. The van der Waals surface area contributed by atoms with Crippen molar-refractivity contribution in [3.63, 3.8) is 0 Å². The molecule has 9 heteroatoms. The zero-order valence-electron chi connectivity index (χ0n) is 20.0. The van der Waals surface area contributed by atoms with Crippen molar-refractivity contribution in [3.8, 4) is 11.8 Å². The van der Waals surface area contributed by atoms with E-state index in [1.54, 1.807) is 4.90 Å². The Morgan fingerprint density at radius 2 is 1.89 bits per heavy atom. The highest BCUT2D eigenvalue weighted by Gasteiger charge is 2.46. The highest BCUT2D eigenvalue weighted by molar-refractivity contribution is 5.94. The topological polar surface area (TPSA) is 42.0 Å². The first-order valence-corrected chi connectivity index (χ1v) is 11.8. The van der Waals surface area contributed by atoms with Crippen LogP contribution in [0.5, 0.6) is 0 Å². The van der Waals surface area contributed by atoms with Gasteiger partial charge in [-0.2, -0.15) is 13.2 Å². The van der Waals surface area contributed by atoms with Gasteiger partial charge in [-0.15, -0.1) is 0 Å². The highest BCUT2D eigenvalue weighted by Crippen LogP contribution is 2.39. The number of methoxy groups -OCH3 is 1. The lowest BCUT2D eigenvalue weighted by molar-refractivity contribution is -0.205. The van der Waals surface area contributed by atoms with Gasteiger partial charge in [0, 0.05) is 38.9 Å². The van der Waals surface area contributed by atoms with Crippen molar-refractivity contribution < 1.29 is 31.8 Å². The molecule has 4 rings (SSSR count). The van der Waals surface area contributed by atoms with E-state index >= 15 is 0 Å². The van der Waals surface area contributed by atoms with E-state index in [1.807, 2.05) is 30.3 Å². The Hall–Kier alpha value is -2.93. The molecule has 1 amide bonds. The summed E-state index contributed by atoms with van der Waals surface area (Å²) < 4.78 is 65.4. The summed E-state index contributed by atoms with van der Waals surface area (Å²) in [5.74, 6) is 4.41. The summed E-state index contributed by atoms with van der Waals surface area (Å²) in [5.41, 5.74) is 0.401. The van der Waals surface area contributed by atoms with Crippen molar-refractivity contribution in [3.05, 3.63) is 71.0 Å². The van der Waals surface area contributed by atoms with E-state index in [9.17, 15) is 22.4 Å². The monoisotopic (exact) mass is 504 g/mol. The Labute approximate surface area is 208 Å². The minimum Gasteiger partial charge on any atom is -0.372 e. The van der Waals surface area contributed by atoms with Crippen LogP contribution in [0.15, 0.2) is 48.5 Å². The van der Waals surface area contributed by atoms with Gasteiger partial charge >= 0.3 is 6.18 Å². The fraction of sp³-hybridized carbons (Fsp3) is 0.444. The van der Waals surface area contributed by atoms with E-state index in [0.717, 1.165) is 11.6 Å². The first kappa shape index (κ1) is 26.1. The molecule has 0 bridgehead atoms. The Morgan fingerprint density at radius 1 is 1.17 bits per heavy atom. The summed E-state index contributed by atoms with van der Waals surface area (Å²) in [7, 11) is 1.49. The molecule has 0 N–H and O–H groups in total. The van der Waals surface area contributed by atoms with Gasteiger partial charge in [0.2, 0.25) is 0 Å². The predicted molar refractivity (Wildman–Crippen MR) is 126 cm³/mol. The maximum Gasteiger partial charge on any atom is 0.401 e. The second-order valence-corrected chi connectivity index (χ2v) is 9.21. The molecule has 36 heavy (non-hydrogen) atoms. The number of hydrogen-bond donors (Lipinski definition) is 0. The molecular weight excluding hydrogens is 476 g/mol. The molecule has 0 saturated carbocycles.